The fourth-order valence-corrected chi connectivity index (χ4v) is 1.84. The second-order valence-corrected chi connectivity index (χ2v) is 4.58. The predicted octanol–water partition coefficient (Wildman–Crippen LogP) is 3.35. The molecule has 3 rings (SSSR count). The van der Waals surface area contributed by atoms with Crippen LogP contribution in [0.1, 0.15) is 12.8 Å². The highest BCUT2D eigenvalue weighted by molar-refractivity contribution is 5.45. The Bertz CT molecular complexity index is 588. The lowest BCUT2D eigenvalue weighted by Gasteiger charge is -2.11. The molecule has 1 aromatic heterocycles. The van der Waals surface area contributed by atoms with Crippen molar-refractivity contribution in [3.63, 3.8) is 0 Å². The third-order valence-electron chi connectivity index (χ3n) is 2.90. The van der Waals surface area contributed by atoms with Crippen LogP contribution in [0.3, 0.4) is 0 Å². The van der Waals surface area contributed by atoms with Crippen LogP contribution in [0, 0.1) is 0 Å². The Morgan fingerprint density at radius 1 is 1.20 bits per heavy atom. The van der Waals surface area contributed by atoms with Crippen molar-refractivity contribution >= 4 is 5.95 Å². The van der Waals surface area contributed by atoms with Gasteiger partial charge < -0.3 is 10.1 Å². The second kappa shape index (κ2) is 4.73. The second-order valence-electron chi connectivity index (χ2n) is 4.58. The molecule has 1 saturated carbocycles. The van der Waals surface area contributed by atoms with Crippen molar-refractivity contribution in [2.24, 2.45) is 0 Å². The quantitative estimate of drug-likeness (QED) is 0.935. The van der Waals surface area contributed by atoms with Gasteiger partial charge in [0.05, 0.1) is 0 Å². The largest absolute Gasteiger partial charge is 0.573 e. The van der Waals surface area contributed by atoms with Crippen molar-refractivity contribution in [3.05, 3.63) is 36.7 Å². The molecule has 0 radical (unpaired) electrons. The summed E-state index contributed by atoms with van der Waals surface area (Å²) in [5, 5.41) is 3.26. The number of nitrogens with one attached hydrogen (secondary N) is 1. The monoisotopic (exact) mass is 283 g/mol. The summed E-state index contributed by atoms with van der Waals surface area (Å²) in [6.07, 6.45) is 0.959. The standard InChI is InChI=1S/C13H12F3N3O/c14-13(15,16)20-11-5-3-10(4-6-11)19-8-7-17-12(19)18-9-1-2-9/h3-9H,1-2H2,(H,17,18). The molecule has 0 saturated heterocycles. The Morgan fingerprint density at radius 2 is 1.90 bits per heavy atom. The molecular formula is C13H12F3N3O. The number of nitrogens with zero attached hydrogens (tertiary/aromatic N) is 2. The van der Waals surface area contributed by atoms with E-state index in [4.69, 9.17) is 0 Å². The van der Waals surface area contributed by atoms with Crippen LogP contribution < -0.4 is 10.1 Å². The van der Waals surface area contributed by atoms with Gasteiger partial charge in [-0.1, -0.05) is 0 Å². The van der Waals surface area contributed by atoms with Gasteiger partial charge in [-0.25, -0.2) is 4.98 Å². The van der Waals surface area contributed by atoms with Crippen molar-refractivity contribution in [2.75, 3.05) is 5.32 Å². The number of benzene rings is 1. The zero-order valence-electron chi connectivity index (χ0n) is 10.4. The minimum atomic E-state index is -4.67. The first-order chi connectivity index (χ1) is 9.51. The summed E-state index contributed by atoms with van der Waals surface area (Å²) in [7, 11) is 0. The smallest absolute Gasteiger partial charge is 0.406 e. The molecule has 1 aliphatic rings. The molecule has 1 N–H and O–H groups in total. The van der Waals surface area contributed by atoms with Gasteiger partial charge in [0.15, 0.2) is 0 Å². The maximum absolute atomic E-state index is 12.1. The van der Waals surface area contributed by atoms with E-state index in [0.717, 1.165) is 18.5 Å². The van der Waals surface area contributed by atoms with Gasteiger partial charge in [-0.2, -0.15) is 0 Å². The van der Waals surface area contributed by atoms with Crippen LogP contribution in [-0.4, -0.2) is 22.0 Å². The molecule has 0 unspecified atom stereocenters. The third kappa shape index (κ3) is 3.04. The number of rotatable bonds is 4. The van der Waals surface area contributed by atoms with E-state index in [9.17, 15) is 13.2 Å². The number of hydrogen-bond donors (Lipinski definition) is 1. The van der Waals surface area contributed by atoms with Gasteiger partial charge in [0, 0.05) is 24.1 Å². The molecule has 7 heteroatoms. The van der Waals surface area contributed by atoms with Crippen LogP contribution in [-0.2, 0) is 0 Å². The lowest BCUT2D eigenvalue weighted by atomic mass is 10.3. The summed E-state index contributed by atoms with van der Waals surface area (Å²) in [6.45, 7) is 0. The normalized spacial score (nSPS) is 15.2. The highest BCUT2D eigenvalue weighted by Crippen LogP contribution is 2.27. The molecule has 0 amide bonds. The number of anilines is 1. The molecule has 1 aromatic carbocycles. The summed E-state index contributed by atoms with van der Waals surface area (Å²) in [5.74, 6) is 0.454. The Labute approximate surface area is 113 Å². The van der Waals surface area contributed by atoms with Gasteiger partial charge in [-0.05, 0) is 37.1 Å². The molecule has 1 aliphatic carbocycles. The lowest BCUT2D eigenvalue weighted by Crippen LogP contribution is -2.17. The molecular weight excluding hydrogens is 271 g/mol. The molecule has 2 aromatic rings. The number of alkyl halides is 3. The molecule has 4 nitrogen and oxygen atoms in total. The van der Waals surface area contributed by atoms with Crippen molar-refractivity contribution < 1.29 is 17.9 Å². The van der Waals surface area contributed by atoms with Crippen LogP contribution in [0.15, 0.2) is 36.7 Å². The summed E-state index contributed by atoms with van der Waals surface area (Å²) in [6, 6.07) is 6.12. The van der Waals surface area contributed by atoms with E-state index in [1.807, 2.05) is 0 Å². The van der Waals surface area contributed by atoms with E-state index in [0.29, 0.717) is 12.0 Å². The van der Waals surface area contributed by atoms with Crippen molar-refractivity contribution in [1.82, 2.24) is 9.55 Å². The SMILES string of the molecule is FC(F)(F)Oc1ccc(-n2ccnc2NC2CC2)cc1. The number of halogens is 3. The van der Waals surface area contributed by atoms with Crippen LogP contribution in [0.2, 0.25) is 0 Å². The van der Waals surface area contributed by atoms with Gasteiger partial charge in [0.2, 0.25) is 5.95 Å². The first kappa shape index (κ1) is 12.8. The number of aromatic nitrogens is 2. The van der Waals surface area contributed by atoms with Gasteiger partial charge >= 0.3 is 6.36 Å². The Balaban J connectivity index is 1.78. The van der Waals surface area contributed by atoms with E-state index in [-0.39, 0.29) is 5.75 Å². The molecule has 20 heavy (non-hydrogen) atoms. The zero-order valence-corrected chi connectivity index (χ0v) is 10.4. The summed E-state index contributed by atoms with van der Waals surface area (Å²) >= 11 is 0. The van der Waals surface area contributed by atoms with Crippen LogP contribution in [0.4, 0.5) is 19.1 Å². The maximum Gasteiger partial charge on any atom is 0.573 e. The molecule has 1 heterocycles. The van der Waals surface area contributed by atoms with Gasteiger partial charge in [0.1, 0.15) is 5.75 Å². The lowest BCUT2D eigenvalue weighted by molar-refractivity contribution is -0.274. The number of hydrogen-bond acceptors (Lipinski definition) is 3. The Hall–Kier alpha value is -2.18. The summed E-state index contributed by atoms with van der Waals surface area (Å²) in [5.41, 5.74) is 0.722. The number of ether oxygens (including phenoxy) is 1. The minimum Gasteiger partial charge on any atom is -0.406 e. The average molecular weight is 283 g/mol. The first-order valence-electron chi connectivity index (χ1n) is 6.17. The van der Waals surface area contributed by atoms with Crippen molar-refractivity contribution in [2.45, 2.75) is 25.2 Å². The molecule has 0 atom stereocenters. The predicted molar refractivity (Wildman–Crippen MR) is 66.9 cm³/mol. The van der Waals surface area contributed by atoms with Crippen LogP contribution >= 0.6 is 0 Å². The first-order valence-corrected chi connectivity index (χ1v) is 6.17. The van der Waals surface area contributed by atoms with Gasteiger partial charge in [-0.15, -0.1) is 13.2 Å². The van der Waals surface area contributed by atoms with Crippen molar-refractivity contribution in [3.8, 4) is 11.4 Å². The van der Waals surface area contributed by atoms with E-state index in [1.165, 1.54) is 12.1 Å². The van der Waals surface area contributed by atoms with E-state index in [2.05, 4.69) is 15.0 Å². The maximum atomic E-state index is 12.1. The fraction of sp³-hybridized carbons (Fsp3) is 0.308. The van der Waals surface area contributed by atoms with Crippen LogP contribution in [0.25, 0.3) is 5.69 Å². The molecule has 1 fully saturated rings. The highest BCUT2D eigenvalue weighted by Gasteiger charge is 2.31. The fourth-order valence-electron chi connectivity index (χ4n) is 1.84. The Morgan fingerprint density at radius 3 is 2.50 bits per heavy atom. The van der Waals surface area contributed by atoms with E-state index >= 15 is 0 Å². The average Bonchev–Trinajstić information content (AvgIpc) is 3.05. The van der Waals surface area contributed by atoms with E-state index in [1.54, 1.807) is 29.1 Å². The molecule has 0 aliphatic heterocycles. The minimum absolute atomic E-state index is 0.238. The van der Waals surface area contributed by atoms with Crippen LogP contribution in [0.5, 0.6) is 5.75 Å². The Kier molecular flexibility index (Phi) is 3.04. The number of imidazole rings is 1. The molecule has 0 bridgehead atoms. The zero-order chi connectivity index (χ0) is 14.2. The van der Waals surface area contributed by atoms with E-state index < -0.39 is 6.36 Å². The van der Waals surface area contributed by atoms with Gasteiger partial charge in [0.25, 0.3) is 0 Å². The highest BCUT2D eigenvalue weighted by atomic mass is 19.4. The summed E-state index contributed by atoms with van der Waals surface area (Å²) < 4.78 is 41.9. The van der Waals surface area contributed by atoms with Gasteiger partial charge in [-0.3, -0.25) is 4.57 Å². The van der Waals surface area contributed by atoms with Crippen molar-refractivity contribution in [1.29, 1.82) is 0 Å². The topological polar surface area (TPSA) is 39.1 Å². The molecule has 0 spiro atoms. The third-order valence-corrected chi connectivity index (χ3v) is 2.90. The molecule has 106 valence electrons. The summed E-state index contributed by atoms with van der Waals surface area (Å²) in [4.78, 5) is 4.20.